The highest BCUT2D eigenvalue weighted by Gasteiger charge is 2.49. The Hall–Kier alpha value is -1.34. The molecule has 19 heavy (non-hydrogen) atoms. The highest BCUT2D eigenvalue weighted by Crippen LogP contribution is 2.45. The Kier molecular flexibility index (Phi) is 3.96. The fourth-order valence-corrected chi connectivity index (χ4v) is 2.89. The first kappa shape index (κ1) is 14.1. The van der Waals surface area contributed by atoms with Gasteiger partial charge in [-0.15, -0.1) is 0 Å². The second-order valence-electron chi connectivity index (χ2n) is 5.45. The molecule has 0 spiro atoms. The first-order valence-corrected chi connectivity index (χ1v) is 7.24. The lowest BCUT2D eigenvalue weighted by Gasteiger charge is -2.39. The van der Waals surface area contributed by atoms with E-state index in [1.807, 2.05) is 31.2 Å². The van der Waals surface area contributed by atoms with Crippen LogP contribution in [0.15, 0.2) is 28.7 Å². The number of amides is 1. The van der Waals surface area contributed by atoms with Crippen molar-refractivity contribution in [3.63, 3.8) is 0 Å². The van der Waals surface area contributed by atoms with E-state index in [4.69, 9.17) is 0 Å². The van der Waals surface area contributed by atoms with Gasteiger partial charge in [0.15, 0.2) is 0 Å². The fraction of sp³-hybridized carbons (Fsp3) is 0.467. The average Bonchev–Trinajstić information content (AvgIpc) is 2.35. The van der Waals surface area contributed by atoms with Crippen LogP contribution in [0.3, 0.4) is 0 Å². The number of hydrogen-bond donors (Lipinski definition) is 1. The lowest BCUT2D eigenvalue weighted by Crippen LogP contribution is -2.48. The van der Waals surface area contributed by atoms with Crippen molar-refractivity contribution < 1.29 is 4.79 Å². The first-order chi connectivity index (χ1) is 8.97. The predicted molar refractivity (Wildman–Crippen MR) is 77.1 cm³/mol. The molecule has 100 valence electrons. The monoisotopic (exact) mass is 320 g/mol. The van der Waals surface area contributed by atoms with Crippen LogP contribution >= 0.6 is 15.9 Å². The Morgan fingerprint density at radius 1 is 1.47 bits per heavy atom. The van der Waals surface area contributed by atoms with Crippen LogP contribution in [0.5, 0.6) is 0 Å². The summed E-state index contributed by atoms with van der Waals surface area (Å²) in [6.07, 6.45) is 1.34. The largest absolute Gasteiger partial charge is 0.348 e. The maximum atomic E-state index is 12.2. The van der Waals surface area contributed by atoms with E-state index in [-0.39, 0.29) is 11.9 Å². The van der Waals surface area contributed by atoms with E-state index in [9.17, 15) is 10.1 Å². The van der Waals surface area contributed by atoms with Gasteiger partial charge >= 0.3 is 0 Å². The standard InChI is InChI=1S/C15H17BrN2O/c1-10-7-15(8-10,9-17)14(19)18-11(2)12-3-5-13(16)6-4-12/h3-6,10-11H,7-8H2,1-2H3,(H,18,19)/t10?,11-,15?/m1/s1. The SMILES string of the molecule is CC1CC(C#N)(C(=O)N[C@H](C)c2ccc(Br)cc2)C1. The van der Waals surface area contributed by atoms with Crippen LogP contribution in [0.25, 0.3) is 0 Å². The van der Waals surface area contributed by atoms with Crippen LogP contribution in [-0.2, 0) is 4.79 Å². The van der Waals surface area contributed by atoms with Gasteiger partial charge in [0.05, 0.1) is 12.1 Å². The van der Waals surface area contributed by atoms with Gasteiger partial charge in [-0.3, -0.25) is 4.79 Å². The van der Waals surface area contributed by atoms with Crippen molar-refractivity contribution in [2.45, 2.75) is 32.7 Å². The molecule has 4 heteroatoms. The van der Waals surface area contributed by atoms with E-state index in [1.165, 1.54) is 0 Å². The number of nitrogens with one attached hydrogen (secondary N) is 1. The number of rotatable bonds is 3. The molecule has 1 aromatic rings. The van der Waals surface area contributed by atoms with Gasteiger partial charge in [0.2, 0.25) is 5.91 Å². The molecule has 0 saturated heterocycles. The Balaban J connectivity index is 2.03. The number of nitrogens with zero attached hydrogens (tertiary/aromatic N) is 1. The molecular formula is C15H17BrN2O. The van der Waals surface area contributed by atoms with Crippen LogP contribution in [0.2, 0.25) is 0 Å². The van der Waals surface area contributed by atoms with Crippen molar-refractivity contribution in [3.8, 4) is 6.07 Å². The normalized spacial score (nSPS) is 26.9. The van der Waals surface area contributed by atoms with E-state index in [2.05, 4.69) is 34.2 Å². The molecule has 1 aliphatic rings. The zero-order valence-corrected chi connectivity index (χ0v) is 12.7. The summed E-state index contributed by atoms with van der Waals surface area (Å²) in [5.74, 6) is 0.330. The summed E-state index contributed by atoms with van der Waals surface area (Å²) in [6, 6.07) is 9.94. The summed E-state index contributed by atoms with van der Waals surface area (Å²) >= 11 is 3.38. The Labute approximate surface area is 122 Å². The summed E-state index contributed by atoms with van der Waals surface area (Å²) < 4.78 is 1.01. The first-order valence-electron chi connectivity index (χ1n) is 6.44. The fourth-order valence-electron chi connectivity index (χ4n) is 2.63. The van der Waals surface area contributed by atoms with Crippen LogP contribution in [0.1, 0.15) is 38.3 Å². The summed E-state index contributed by atoms with van der Waals surface area (Å²) in [5.41, 5.74) is 0.236. The van der Waals surface area contributed by atoms with Gasteiger partial charge in [0, 0.05) is 4.47 Å². The molecule has 1 saturated carbocycles. The van der Waals surface area contributed by atoms with Crippen LogP contribution < -0.4 is 5.32 Å². The van der Waals surface area contributed by atoms with Crippen LogP contribution in [0.4, 0.5) is 0 Å². The maximum Gasteiger partial charge on any atom is 0.240 e. The molecule has 1 amide bonds. The predicted octanol–water partition coefficient (Wildman–Crippen LogP) is 3.57. The highest BCUT2D eigenvalue weighted by atomic mass is 79.9. The van der Waals surface area contributed by atoms with Crippen molar-refractivity contribution in [2.24, 2.45) is 11.3 Å². The zero-order chi connectivity index (χ0) is 14.0. The molecule has 0 unspecified atom stereocenters. The molecule has 0 radical (unpaired) electrons. The molecule has 3 nitrogen and oxygen atoms in total. The zero-order valence-electron chi connectivity index (χ0n) is 11.1. The van der Waals surface area contributed by atoms with Gasteiger partial charge in [0.1, 0.15) is 5.41 Å². The third-order valence-electron chi connectivity index (χ3n) is 3.76. The molecule has 0 heterocycles. The molecule has 1 aliphatic carbocycles. The molecule has 2 rings (SSSR count). The third-order valence-corrected chi connectivity index (χ3v) is 4.29. The number of halogens is 1. The smallest absolute Gasteiger partial charge is 0.240 e. The van der Waals surface area contributed by atoms with Crippen molar-refractivity contribution in [1.82, 2.24) is 5.32 Å². The topological polar surface area (TPSA) is 52.9 Å². The summed E-state index contributed by atoms with van der Waals surface area (Å²) in [5, 5.41) is 12.2. The minimum atomic E-state index is -0.803. The summed E-state index contributed by atoms with van der Waals surface area (Å²) in [4.78, 5) is 12.2. The quantitative estimate of drug-likeness (QED) is 0.925. The average molecular weight is 321 g/mol. The molecule has 0 aromatic heterocycles. The minimum Gasteiger partial charge on any atom is -0.348 e. The van der Waals surface area contributed by atoms with Gasteiger partial charge in [-0.1, -0.05) is 35.0 Å². The molecule has 1 atom stereocenters. The van der Waals surface area contributed by atoms with Gasteiger partial charge in [-0.05, 0) is 43.4 Å². The van der Waals surface area contributed by atoms with Crippen molar-refractivity contribution in [2.75, 3.05) is 0 Å². The maximum absolute atomic E-state index is 12.2. The van der Waals surface area contributed by atoms with Gasteiger partial charge in [0.25, 0.3) is 0 Å². The Morgan fingerprint density at radius 2 is 2.05 bits per heavy atom. The number of benzene rings is 1. The molecule has 1 N–H and O–H groups in total. The van der Waals surface area contributed by atoms with Gasteiger partial charge < -0.3 is 5.32 Å². The molecular weight excluding hydrogens is 304 g/mol. The lowest BCUT2D eigenvalue weighted by atomic mass is 9.63. The number of hydrogen-bond acceptors (Lipinski definition) is 2. The van der Waals surface area contributed by atoms with Crippen LogP contribution in [0, 0.1) is 22.7 Å². The number of nitriles is 1. The lowest BCUT2D eigenvalue weighted by molar-refractivity contribution is -0.134. The second-order valence-corrected chi connectivity index (χ2v) is 6.37. The van der Waals surface area contributed by atoms with Crippen molar-refractivity contribution >= 4 is 21.8 Å². The summed E-state index contributed by atoms with van der Waals surface area (Å²) in [7, 11) is 0. The number of carbonyl (C=O) groups is 1. The van der Waals surface area contributed by atoms with Crippen LogP contribution in [-0.4, -0.2) is 5.91 Å². The minimum absolute atomic E-state index is 0.0817. The van der Waals surface area contributed by atoms with E-state index >= 15 is 0 Å². The van der Waals surface area contributed by atoms with E-state index in [0.29, 0.717) is 18.8 Å². The van der Waals surface area contributed by atoms with Gasteiger partial charge in [-0.2, -0.15) is 5.26 Å². The summed E-state index contributed by atoms with van der Waals surface area (Å²) in [6.45, 7) is 4.01. The van der Waals surface area contributed by atoms with Crippen molar-refractivity contribution in [3.05, 3.63) is 34.3 Å². The molecule has 1 aromatic carbocycles. The highest BCUT2D eigenvalue weighted by molar-refractivity contribution is 9.10. The number of carbonyl (C=O) groups excluding carboxylic acids is 1. The molecule has 0 aliphatic heterocycles. The van der Waals surface area contributed by atoms with E-state index in [0.717, 1.165) is 10.0 Å². The Bertz CT molecular complexity index is 512. The third kappa shape index (κ3) is 2.82. The molecule has 1 fully saturated rings. The van der Waals surface area contributed by atoms with Gasteiger partial charge in [-0.25, -0.2) is 0 Å². The second kappa shape index (κ2) is 5.34. The molecule has 0 bridgehead atoms. The van der Waals surface area contributed by atoms with Crippen molar-refractivity contribution in [1.29, 1.82) is 5.26 Å². The Morgan fingerprint density at radius 3 is 2.53 bits per heavy atom. The van der Waals surface area contributed by atoms with E-state index < -0.39 is 5.41 Å². The van der Waals surface area contributed by atoms with E-state index in [1.54, 1.807) is 0 Å².